The number of rotatable bonds is 7. The summed E-state index contributed by atoms with van der Waals surface area (Å²) in [5.74, 6) is 0. The third-order valence-electron chi connectivity index (χ3n) is 4.98. The highest BCUT2D eigenvalue weighted by Crippen LogP contribution is 2.28. The van der Waals surface area contributed by atoms with Crippen LogP contribution in [-0.4, -0.2) is 48.6 Å². The van der Waals surface area contributed by atoms with Crippen LogP contribution in [0.5, 0.6) is 0 Å². The number of benzene rings is 1. The second kappa shape index (κ2) is 7.92. The molecular formula is C18H31N3. The molecule has 1 aromatic carbocycles. The largest absolute Gasteiger partial charge is 0.329 e. The number of nitrogens with zero attached hydrogens (tertiary/aromatic N) is 2. The molecule has 2 rings (SSSR count). The van der Waals surface area contributed by atoms with Crippen LogP contribution >= 0.6 is 0 Å². The summed E-state index contributed by atoms with van der Waals surface area (Å²) in [6, 6.07) is 9.87. The van der Waals surface area contributed by atoms with Crippen molar-refractivity contribution in [2.24, 2.45) is 5.73 Å². The molecule has 3 heteroatoms. The normalized spacial score (nSPS) is 21.1. The van der Waals surface area contributed by atoms with E-state index in [0.717, 1.165) is 26.1 Å². The molecule has 2 atom stereocenters. The van der Waals surface area contributed by atoms with Crippen LogP contribution in [0.1, 0.15) is 44.4 Å². The van der Waals surface area contributed by atoms with Gasteiger partial charge in [-0.05, 0) is 37.1 Å². The third-order valence-corrected chi connectivity index (χ3v) is 4.98. The van der Waals surface area contributed by atoms with Crippen molar-refractivity contribution in [3.63, 3.8) is 0 Å². The predicted molar refractivity (Wildman–Crippen MR) is 90.5 cm³/mol. The summed E-state index contributed by atoms with van der Waals surface area (Å²) in [5.41, 5.74) is 9.02. The van der Waals surface area contributed by atoms with Crippen molar-refractivity contribution in [1.29, 1.82) is 0 Å². The zero-order valence-electron chi connectivity index (χ0n) is 13.9. The van der Waals surface area contributed by atoms with Gasteiger partial charge in [-0.25, -0.2) is 0 Å². The van der Waals surface area contributed by atoms with Crippen molar-refractivity contribution in [2.45, 2.75) is 45.7 Å². The second-order valence-corrected chi connectivity index (χ2v) is 5.96. The summed E-state index contributed by atoms with van der Waals surface area (Å²) in [6.45, 7) is 12.1. The Morgan fingerprint density at radius 1 is 1.24 bits per heavy atom. The number of nitrogens with two attached hydrogens (primary N) is 1. The van der Waals surface area contributed by atoms with Gasteiger partial charge in [0.25, 0.3) is 0 Å². The summed E-state index contributed by atoms with van der Waals surface area (Å²) in [6.07, 6.45) is 2.35. The molecule has 0 aliphatic carbocycles. The van der Waals surface area contributed by atoms with E-state index in [1.807, 2.05) is 0 Å². The van der Waals surface area contributed by atoms with Crippen molar-refractivity contribution in [3.05, 3.63) is 35.4 Å². The number of likely N-dealkylation sites (N-methyl/N-ethyl adjacent to an activating group) is 1. The van der Waals surface area contributed by atoms with E-state index < -0.39 is 0 Å². The van der Waals surface area contributed by atoms with Crippen LogP contribution < -0.4 is 5.73 Å². The standard InChI is InChI=1S/C18H31N3/c1-4-15-9-7-8-10-17(15)18(13-19)21-12-11-16(14-21)20(5-2)6-3/h7-10,16,18H,4-6,11-14,19H2,1-3H3. The lowest BCUT2D eigenvalue weighted by Gasteiger charge is -2.31. The lowest BCUT2D eigenvalue weighted by Crippen LogP contribution is -2.39. The molecule has 1 fully saturated rings. The van der Waals surface area contributed by atoms with E-state index >= 15 is 0 Å². The molecule has 21 heavy (non-hydrogen) atoms. The molecule has 2 N–H and O–H groups in total. The minimum absolute atomic E-state index is 0.377. The topological polar surface area (TPSA) is 32.5 Å². The van der Waals surface area contributed by atoms with Gasteiger partial charge in [-0.2, -0.15) is 0 Å². The summed E-state index contributed by atoms with van der Waals surface area (Å²) >= 11 is 0. The third kappa shape index (κ3) is 3.65. The van der Waals surface area contributed by atoms with Gasteiger partial charge < -0.3 is 5.73 Å². The maximum Gasteiger partial charge on any atom is 0.0473 e. The first-order valence-electron chi connectivity index (χ1n) is 8.51. The summed E-state index contributed by atoms with van der Waals surface area (Å²) < 4.78 is 0. The van der Waals surface area contributed by atoms with Crippen LogP contribution in [0.3, 0.4) is 0 Å². The molecule has 0 radical (unpaired) electrons. The molecule has 1 saturated heterocycles. The Morgan fingerprint density at radius 2 is 1.95 bits per heavy atom. The van der Waals surface area contributed by atoms with Crippen molar-refractivity contribution in [1.82, 2.24) is 9.80 Å². The van der Waals surface area contributed by atoms with E-state index in [1.165, 1.54) is 24.1 Å². The highest BCUT2D eigenvalue weighted by Gasteiger charge is 2.31. The molecule has 1 heterocycles. The molecule has 118 valence electrons. The van der Waals surface area contributed by atoms with Gasteiger partial charge in [-0.3, -0.25) is 9.80 Å². The first-order valence-corrected chi connectivity index (χ1v) is 8.51. The van der Waals surface area contributed by atoms with Crippen LogP contribution in [0.2, 0.25) is 0 Å². The summed E-state index contributed by atoms with van der Waals surface area (Å²) in [5, 5.41) is 0. The smallest absolute Gasteiger partial charge is 0.0473 e. The minimum Gasteiger partial charge on any atom is -0.329 e. The Hall–Kier alpha value is -0.900. The van der Waals surface area contributed by atoms with E-state index in [0.29, 0.717) is 18.6 Å². The molecule has 0 amide bonds. The highest BCUT2D eigenvalue weighted by atomic mass is 15.3. The predicted octanol–water partition coefficient (Wildman–Crippen LogP) is 2.66. The van der Waals surface area contributed by atoms with Gasteiger partial charge in [0.1, 0.15) is 0 Å². The van der Waals surface area contributed by atoms with E-state index in [2.05, 4.69) is 54.8 Å². The fourth-order valence-electron chi connectivity index (χ4n) is 3.74. The quantitative estimate of drug-likeness (QED) is 0.837. The highest BCUT2D eigenvalue weighted by molar-refractivity contribution is 5.30. The van der Waals surface area contributed by atoms with Crippen LogP contribution in [0.4, 0.5) is 0 Å². The number of likely N-dealkylation sites (tertiary alicyclic amines) is 1. The van der Waals surface area contributed by atoms with E-state index in [9.17, 15) is 0 Å². The van der Waals surface area contributed by atoms with E-state index in [-0.39, 0.29) is 0 Å². The van der Waals surface area contributed by atoms with Crippen LogP contribution in [-0.2, 0) is 6.42 Å². The van der Waals surface area contributed by atoms with E-state index in [4.69, 9.17) is 5.73 Å². The molecule has 0 aromatic heterocycles. The number of aryl methyl sites for hydroxylation is 1. The maximum absolute atomic E-state index is 6.14. The fraction of sp³-hybridized carbons (Fsp3) is 0.667. The summed E-state index contributed by atoms with van der Waals surface area (Å²) in [4.78, 5) is 5.18. The van der Waals surface area contributed by atoms with Gasteiger partial charge >= 0.3 is 0 Å². The zero-order chi connectivity index (χ0) is 15.2. The number of hydrogen-bond donors (Lipinski definition) is 1. The molecule has 0 saturated carbocycles. The van der Waals surface area contributed by atoms with E-state index in [1.54, 1.807) is 0 Å². The molecule has 1 aromatic rings. The maximum atomic E-state index is 6.14. The van der Waals surface area contributed by atoms with Crippen molar-refractivity contribution < 1.29 is 0 Å². The second-order valence-electron chi connectivity index (χ2n) is 5.96. The zero-order valence-corrected chi connectivity index (χ0v) is 13.9. The van der Waals surface area contributed by atoms with Gasteiger partial charge in [0.15, 0.2) is 0 Å². The van der Waals surface area contributed by atoms with Gasteiger partial charge in [0, 0.05) is 31.7 Å². The SMILES string of the molecule is CCc1ccccc1C(CN)N1CCC(N(CC)CC)C1. The van der Waals surface area contributed by atoms with Gasteiger partial charge in [-0.1, -0.05) is 45.0 Å². The molecule has 3 nitrogen and oxygen atoms in total. The molecule has 1 aliphatic heterocycles. The van der Waals surface area contributed by atoms with Gasteiger partial charge in [0.2, 0.25) is 0 Å². The average Bonchev–Trinajstić information content (AvgIpc) is 2.99. The molecule has 1 aliphatic rings. The Balaban J connectivity index is 2.12. The minimum atomic E-state index is 0.377. The lowest BCUT2D eigenvalue weighted by molar-refractivity contribution is 0.189. The molecule has 0 spiro atoms. The van der Waals surface area contributed by atoms with Gasteiger partial charge in [-0.15, -0.1) is 0 Å². The number of hydrogen-bond acceptors (Lipinski definition) is 3. The Labute approximate surface area is 130 Å². The van der Waals surface area contributed by atoms with Crippen LogP contribution in [0, 0.1) is 0 Å². The van der Waals surface area contributed by atoms with Crippen LogP contribution in [0.15, 0.2) is 24.3 Å². The average molecular weight is 289 g/mol. The van der Waals surface area contributed by atoms with Crippen molar-refractivity contribution in [2.75, 3.05) is 32.7 Å². The summed E-state index contributed by atoms with van der Waals surface area (Å²) in [7, 11) is 0. The monoisotopic (exact) mass is 289 g/mol. The first kappa shape index (κ1) is 16.5. The van der Waals surface area contributed by atoms with Gasteiger partial charge in [0.05, 0.1) is 0 Å². The van der Waals surface area contributed by atoms with Crippen molar-refractivity contribution >= 4 is 0 Å². The first-order chi connectivity index (χ1) is 10.2. The van der Waals surface area contributed by atoms with Crippen molar-refractivity contribution in [3.8, 4) is 0 Å². The Morgan fingerprint density at radius 3 is 2.57 bits per heavy atom. The fourth-order valence-corrected chi connectivity index (χ4v) is 3.74. The molecule has 2 unspecified atom stereocenters. The lowest BCUT2D eigenvalue weighted by atomic mass is 9.97. The Kier molecular flexibility index (Phi) is 6.22. The molecule has 0 bridgehead atoms. The Bertz CT molecular complexity index is 428. The van der Waals surface area contributed by atoms with Crippen LogP contribution in [0.25, 0.3) is 0 Å². The molecular weight excluding hydrogens is 258 g/mol.